The van der Waals surface area contributed by atoms with Gasteiger partial charge in [0.2, 0.25) is 0 Å². The number of Topliss-reactive ketones (excluding diaryl/α,β-unsaturated/α-hetero) is 2. The lowest BCUT2D eigenvalue weighted by atomic mass is 9.71. The van der Waals surface area contributed by atoms with E-state index in [-0.39, 0.29) is 46.8 Å². The van der Waals surface area contributed by atoms with E-state index in [1.165, 1.54) is 12.1 Å². The number of hydrogen-bond donors (Lipinski definition) is 1. The van der Waals surface area contributed by atoms with Gasteiger partial charge in [-0.1, -0.05) is 56.3 Å². The molecule has 3 rings (SSSR count). The third-order valence-electron chi connectivity index (χ3n) is 5.24. The van der Waals surface area contributed by atoms with Gasteiger partial charge in [0.15, 0.2) is 11.6 Å². The Kier molecular flexibility index (Phi) is 5.64. The highest BCUT2D eigenvalue weighted by Crippen LogP contribution is 2.42. The van der Waals surface area contributed by atoms with E-state index in [1.807, 2.05) is 19.9 Å². The van der Waals surface area contributed by atoms with Crippen LogP contribution in [0.15, 0.2) is 65.9 Å². The molecular weight excluding hydrogens is 370 g/mol. The number of aliphatic hydroxyl groups is 1. The number of allylic oxidation sites excluding steroid dienone is 2. The lowest BCUT2D eigenvalue weighted by Gasteiger charge is -2.32. The van der Waals surface area contributed by atoms with E-state index in [9.17, 15) is 24.8 Å². The number of nitro benzene ring substituents is 1. The zero-order valence-electron chi connectivity index (χ0n) is 16.4. The molecule has 29 heavy (non-hydrogen) atoms. The van der Waals surface area contributed by atoms with Crippen LogP contribution in [0.4, 0.5) is 5.69 Å². The van der Waals surface area contributed by atoms with E-state index >= 15 is 0 Å². The van der Waals surface area contributed by atoms with E-state index in [4.69, 9.17) is 0 Å². The van der Waals surface area contributed by atoms with Crippen molar-refractivity contribution in [1.82, 2.24) is 0 Å². The first-order valence-corrected chi connectivity index (χ1v) is 9.46. The van der Waals surface area contributed by atoms with Crippen molar-refractivity contribution < 1.29 is 19.6 Å². The minimum Gasteiger partial charge on any atom is -0.512 e. The van der Waals surface area contributed by atoms with Gasteiger partial charge >= 0.3 is 0 Å². The van der Waals surface area contributed by atoms with Gasteiger partial charge in [-0.3, -0.25) is 19.7 Å². The van der Waals surface area contributed by atoms with Gasteiger partial charge in [0.1, 0.15) is 5.76 Å². The molecule has 0 aliphatic heterocycles. The third-order valence-corrected chi connectivity index (χ3v) is 5.24. The second kappa shape index (κ2) is 7.99. The van der Waals surface area contributed by atoms with E-state index in [0.717, 1.165) is 0 Å². The van der Waals surface area contributed by atoms with Gasteiger partial charge in [-0.05, 0) is 11.0 Å². The van der Waals surface area contributed by atoms with Crippen LogP contribution in [-0.4, -0.2) is 21.6 Å². The van der Waals surface area contributed by atoms with Crippen molar-refractivity contribution in [2.24, 2.45) is 5.41 Å². The molecule has 0 saturated heterocycles. The summed E-state index contributed by atoms with van der Waals surface area (Å²) < 4.78 is 0. The van der Waals surface area contributed by atoms with Crippen molar-refractivity contribution in [2.75, 3.05) is 0 Å². The number of nitrogens with zero attached hydrogens (tertiary/aromatic N) is 1. The van der Waals surface area contributed by atoms with Gasteiger partial charge in [0.25, 0.3) is 5.69 Å². The van der Waals surface area contributed by atoms with Gasteiger partial charge in [-0.2, -0.15) is 0 Å². The monoisotopic (exact) mass is 393 g/mol. The fourth-order valence-corrected chi connectivity index (χ4v) is 3.84. The summed E-state index contributed by atoms with van der Waals surface area (Å²) in [5.41, 5.74) is 0.921. The summed E-state index contributed by atoms with van der Waals surface area (Å²) >= 11 is 0. The zero-order chi connectivity index (χ0) is 21.2. The van der Waals surface area contributed by atoms with Crippen molar-refractivity contribution in [3.05, 3.63) is 87.2 Å². The molecular formula is C23H23NO5. The second-order valence-corrected chi connectivity index (χ2v) is 8.20. The van der Waals surface area contributed by atoms with E-state index in [2.05, 4.69) is 0 Å². The number of benzene rings is 2. The molecule has 0 radical (unpaired) electrons. The number of non-ortho nitro benzene ring substituents is 1. The maximum absolute atomic E-state index is 12.9. The number of ketones is 2. The summed E-state index contributed by atoms with van der Waals surface area (Å²) in [5.74, 6) is -1.02. The number of carbonyl (C=O) groups is 2. The number of carbonyl (C=O) groups excluding carboxylic acids is 2. The maximum atomic E-state index is 12.9. The Morgan fingerprint density at radius 1 is 1.10 bits per heavy atom. The smallest absolute Gasteiger partial charge is 0.269 e. The van der Waals surface area contributed by atoms with Crippen LogP contribution < -0.4 is 0 Å². The number of hydrogen-bond acceptors (Lipinski definition) is 5. The Labute approximate surface area is 169 Å². The highest BCUT2D eigenvalue weighted by Gasteiger charge is 2.37. The average Bonchev–Trinajstić information content (AvgIpc) is 2.66. The predicted molar refractivity (Wildman–Crippen MR) is 109 cm³/mol. The first kappa shape index (κ1) is 20.5. The number of nitro groups is 1. The van der Waals surface area contributed by atoms with E-state index in [1.54, 1.807) is 36.4 Å². The Morgan fingerprint density at radius 2 is 1.72 bits per heavy atom. The van der Waals surface area contributed by atoms with Crippen molar-refractivity contribution >= 4 is 17.3 Å². The van der Waals surface area contributed by atoms with Crippen LogP contribution in [-0.2, 0) is 4.79 Å². The minimum absolute atomic E-state index is 0.00420. The fraction of sp³-hybridized carbons (Fsp3) is 0.304. The van der Waals surface area contributed by atoms with E-state index in [0.29, 0.717) is 17.5 Å². The molecule has 0 saturated carbocycles. The number of aliphatic hydroxyl groups excluding tert-OH is 1. The van der Waals surface area contributed by atoms with Crippen LogP contribution in [0.25, 0.3) is 0 Å². The third kappa shape index (κ3) is 4.59. The van der Waals surface area contributed by atoms with Gasteiger partial charge in [-0.15, -0.1) is 0 Å². The zero-order valence-corrected chi connectivity index (χ0v) is 16.4. The summed E-state index contributed by atoms with van der Waals surface area (Å²) in [5, 5.41) is 21.6. The molecule has 0 aromatic heterocycles. The molecule has 2 aromatic carbocycles. The number of rotatable bonds is 6. The van der Waals surface area contributed by atoms with Crippen LogP contribution in [0, 0.1) is 15.5 Å². The normalized spacial score (nSPS) is 17.1. The quantitative estimate of drug-likeness (QED) is 0.416. The van der Waals surface area contributed by atoms with Gasteiger partial charge < -0.3 is 5.11 Å². The van der Waals surface area contributed by atoms with Crippen LogP contribution in [0.2, 0.25) is 0 Å². The topological polar surface area (TPSA) is 97.5 Å². The summed E-state index contributed by atoms with van der Waals surface area (Å²) in [6.07, 6.45) is 0.611. The first-order valence-electron chi connectivity index (χ1n) is 9.46. The standard InChI is InChI=1S/C23H23NO5/c1-23(2)13-20(26)22(21(27)14-23)18(12-19(25)16-6-4-3-5-7-16)15-8-10-17(11-9-15)24(28)29/h3-11,18,26H,12-14H2,1-2H3. The molecule has 6 heteroatoms. The highest BCUT2D eigenvalue weighted by molar-refractivity contribution is 6.02. The Bertz CT molecular complexity index is 974. The van der Waals surface area contributed by atoms with Gasteiger partial charge in [0, 0.05) is 48.4 Å². The second-order valence-electron chi connectivity index (χ2n) is 8.20. The Balaban J connectivity index is 2.03. The van der Waals surface area contributed by atoms with Crippen molar-refractivity contribution in [3.8, 4) is 0 Å². The molecule has 2 aromatic rings. The van der Waals surface area contributed by atoms with Crippen molar-refractivity contribution in [2.45, 2.75) is 39.0 Å². The Morgan fingerprint density at radius 3 is 2.28 bits per heavy atom. The molecule has 0 heterocycles. The van der Waals surface area contributed by atoms with E-state index < -0.39 is 10.8 Å². The largest absolute Gasteiger partial charge is 0.512 e. The lowest BCUT2D eigenvalue weighted by molar-refractivity contribution is -0.384. The first-order chi connectivity index (χ1) is 13.7. The van der Waals surface area contributed by atoms with Crippen LogP contribution in [0.3, 0.4) is 0 Å². The molecule has 1 aliphatic carbocycles. The molecule has 0 amide bonds. The van der Waals surface area contributed by atoms with Crippen molar-refractivity contribution in [3.63, 3.8) is 0 Å². The molecule has 1 unspecified atom stereocenters. The average molecular weight is 393 g/mol. The molecule has 6 nitrogen and oxygen atoms in total. The molecule has 0 bridgehead atoms. The van der Waals surface area contributed by atoms with Gasteiger partial charge in [-0.25, -0.2) is 0 Å². The fourth-order valence-electron chi connectivity index (χ4n) is 3.84. The maximum Gasteiger partial charge on any atom is 0.269 e. The minimum atomic E-state index is -0.660. The van der Waals surface area contributed by atoms with Crippen LogP contribution >= 0.6 is 0 Å². The lowest BCUT2D eigenvalue weighted by Crippen LogP contribution is -2.29. The van der Waals surface area contributed by atoms with Crippen LogP contribution in [0.1, 0.15) is 54.9 Å². The summed E-state index contributed by atoms with van der Waals surface area (Å²) in [7, 11) is 0. The predicted octanol–water partition coefficient (Wildman–Crippen LogP) is 5.15. The SMILES string of the molecule is CC1(C)CC(=O)C(C(CC(=O)c2ccccc2)c2ccc([N+](=O)[O-])cc2)=C(O)C1. The van der Waals surface area contributed by atoms with Crippen LogP contribution in [0.5, 0.6) is 0 Å². The molecule has 1 N–H and O–H groups in total. The van der Waals surface area contributed by atoms with Crippen molar-refractivity contribution in [1.29, 1.82) is 0 Å². The molecule has 1 aliphatic rings. The van der Waals surface area contributed by atoms with Gasteiger partial charge in [0.05, 0.1) is 4.92 Å². The summed E-state index contributed by atoms with van der Waals surface area (Å²) in [4.78, 5) is 36.2. The Hall–Kier alpha value is -3.28. The summed E-state index contributed by atoms with van der Waals surface area (Å²) in [6, 6.07) is 14.5. The highest BCUT2D eigenvalue weighted by atomic mass is 16.6. The molecule has 0 fully saturated rings. The summed E-state index contributed by atoms with van der Waals surface area (Å²) in [6.45, 7) is 3.82. The molecule has 1 atom stereocenters. The molecule has 0 spiro atoms. The molecule has 150 valence electrons.